The number of amides is 4. The van der Waals surface area contributed by atoms with Crippen molar-refractivity contribution in [3.8, 4) is 0 Å². The summed E-state index contributed by atoms with van der Waals surface area (Å²) >= 11 is 0. The molecule has 4 amide bonds. The second kappa shape index (κ2) is 7.31. The molecule has 1 aromatic rings. The van der Waals surface area contributed by atoms with Gasteiger partial charge in [-0.1, -0.05) is 24.3 Å². The number of nitrogens with one attached hydrogen (secondary N) is 2. The van der Waals surface area contributed by atoms with Crippen LogP contribution in [0, 0.1) is 0 Å². The summed E-state index contributed by atoms with van der Waals surface area (Å²) in [5.74, 6) is -0.665. The van der Waals surface area contributed by atoms with Gasteiger partial charge in [0.1, 0.15) is 12.1 Å². The maximum absolute atomic E-state index is 13.2. The van der Waals surface area contributed by atoms with Crippen molar-refractivity contribution in [1.82, 2.24) is 15.5 Å². The van der Waals surface area contributed by atoms with E-state index >= 15 is 0 Å². The molecule has 2 aliphatic heterocycles. The lowest BCUT2D eigenvalue weighted by molar-refractivity contribution is -0.135. The minimum Gasteiger partial charge on any atom is -0.376 e. The van der Waals surface area contributed by atoms with Gasteiger partial charge in [0.2, 0.25) is 5.91 Å². The molecule has 2 saturated heterocycles. The summed E-state index contributed by atoms with van der Waals surface area (Å²) < 4.78 is 5.48. The number of hydrogen-bond acceptors (Lipinski definition) is 4. The molecule has 3 aliphatic rings. The van der Waals surface area contributed by atoms with Crippen LogP contribution in [0.15, 0.2) is 24.3 Å². The molecule has 27 heavy (non-hydrogen) atoms. The Morgan fingerprint density at radius 3 is 2.93 bits per heavy atom. The molecule has 1 aliphatic carbocycles. The van der Waals surface area contributed by atoms with E-state index < -0.39 is 11.6 Å². The van der Waals surface area contributed by atoms with Gasteiger partial charge in [0.25, 0.3) is 5.91 Å². The van der Waals surface area contributed by atoms with E-state index in [1.54, 1.807) is 0 Å². The Bertz CT molecular complexity index is 759. The molecule has 2 fully saturated rings. The largest absolute Gasteiger partial charge is 0.376 e. The standard InChI is InChI=1S/C20H25N3O4/c24-17(21-12-15-8-5-11-27-15)13-23-18(25)20(22-19(23)26)10-4-3-7-14-6-1-2-9-16(14)20/h1-2,6,9,15H,3-5,7-8,10-13H2,(H,21,24)(H,22,26)/t15-,20+/m1/s1. The van der Waals surface area contributed by atoms with Gasteiger partial charge in [0.15, 0.2) is 0 Å². The number of ether oxygens (including phenoxy) is 1. The first-order valence-corrected chi connectivity index (χ1v) is 9.71. The number of carbonyl (C=O) groups excluding carboxylic acids is 3. The number of benzene rings is 1. The molecule has 0 saturated carbocycles. The van der Waals surface area contributed by atoms with Crippen LogP contribution in [0.2, 0.25) is 0 Å². The number of carbonyl (C=O) groups is 3. The van der Waals surface area contributed by atoms with Gasteiger partial charge >= 0.3 is 6.03 Å². The van der Waals surface area contributed by atoms with E-state index in [-0.39, 0.29) is 24.5 Å². The van der Waals surface area contributed by atoms with E-state index in [2.05, 4.69) is 10.6 Å². The minimum atomic E-state index is -1.04. The Morgan fingerprint density at radius 1 is 1.26 bits per heavy atom. The van der Waals surface area contributed by atoms with Crippen LogP contribution < -0.4 is 10.6 Å². The summed E-state index contributed by atoms with van der Waals surface area (Å²) in [6, 6.07) is 7.28. The summed E-state index contributed by atoms with van der Waals surface area (Å²) in [5.41, 5.74) is 0.912. The van der Waals surface area contributed by atoms with Gasteiger partial charge in [-0.25, -0.2) is 4.79 Å². The number of nitrogens with zero attached hydrogens (tertiary/aromatic N) is 1. The van der Waals surface area contributed by atoms with E-state index in [0.29, 0.717) is 13.0 Å². The van der Waals surface area contributed by atoms with Gasteiger partial charge in [0.05, 0.1) is 6.10 Å². The lowest BCUT2D eigenvalue weighted by atomic mass is 9.84. The van der Waals surface area contributed by atoms with Crippen molar-refractivity contribution in [1.29, 1.82) is 0 Å². The average Bonchev–Trinajstić information content (AvgIpc) is 3.21. The Hall–Kier alpha value is -2.41. The summed E-state index contributed by atoms with van der Waals surface area (Å²) in [6.07, 6.45) is 5.21. The van der Waals surface area contributed by atoms with Gasteiger partial charge in [0, 0.05) is 13.2 Å². The predicted octanol–water partition coefficient (Wildman–Crippen LogP) is 1.46. The van der Waals surface area contributed by atoms with Crippen LogP contribution in [0.4, 0.5) is 4.79 Å². The summed E-state index contributed by atoms with van der Waals surface area (Å²) in [7, 11) is 0. The molecule has 1 spiro atoms. The lowest BCUT2D eigenvalue weighted by Crippen LogP contribution is -2.46. The van der Waals surface area contributed by atoms with Crippen LogP contribution >= 0.6 is 0 Å². The third-order valence-electron chi connectivity index (χ3n) is 5.75. The molecule has 2 heterocycles. The summed E-state index contributed by atoms with van der Waals surface area (Å²) in [4.78, 5) is 39.1. The normalized spacial score (nSPS) is 27.4. The minimum absolute atomic E-state index is 0.0251. The van der Waals surface area contributed by atoms with E-state index in [0.717, 1.165) is 54.7 Å². The van der Waals surface area contributed by atoms with Crippen molar-refractivity contribution in [3.05, 3.63) is 35.4 Å². The van der Waals surface area contributed by atoms with E-state index in [1.165, 1.54) is 0 Å². The molecule has 0 bridgehead atoms. The predicted molar refractivity (Wildman–Crippen MR) is 97.9 cm³/mol. The Balaban J connectivity index is 1.49. The highest BCUT2D eigenvalue weighted by molar-refractivity contribution is 6.09. The molecular formula is C20H25N3O4. The fourth-order valence-electron chi connectivity index (χ4n) is 4.35. The highest BCUT2D eigenvalue weighted by Crippen LogP contribution is 2.38. The van der Waals surface area contributed by atoms with Crippen LogP contribution in [0.3, 0.4) is 0 Å². The van der Waals surface area contributed by atoms with Gasteiger partial charge < -0.3 is 15.4 Å². The zero-order valence-electron chi connectivity index (χ0n) is 15.3. The average molecular weight is 371 g/mol. The topological polar surface area (TPSA) is 87.7 Å². The first kappa shape index (κ1) is 18.0. The third-order valence-corrected chi connectivity index (χ3v) is 5.75. The Morgan fingerprint density at radius 2 is 2.11 bits per heavy atom. The smallest absolute Gasteiger partial charge is 0.325 e. The molecule has 1 aromatic carbocycles. The van der Waals surface area contributed by atoms with E-state index in [9.17, 15) is 14.4 Å². The van der Waals surface area contributed by atoms with Crippen LogP contribution in [0.5, 0.6) is 0 Å². The van der Waals surface area contributed by atoms with Crippen molar-refractivity contribution < 1.29 is 19.1 Å². The van der Waals surface area contributed by atoms with Crippen LogP contribution in [0.25, 0.3) is 0 Å². The number of urea groups is 1. The molecule has 144 valence electrons. The van der Waals surface area contributed by atoms with Crippen LogP contribution in [-0.4, -0.2) is 48.5 Å². The number of imide groups is 1. The summed E-state index contributed by atoms with van der Waals surface area (Å²) in [5, 5.41) is 5.68. The number of hydrogen-bond donors (Lipinski definition) is 2. The zero-order chi connectivity index (χ0) is 18.9. The monoisotopic (exact) mass is 371 g/mol. The van der Waals surface area contributed by atoms with Crippen molar-refractivity contribution in [2.75, 3.05) is 19.7 Å². The van der Waals surface area contributed by atoms with Gasteiger partial charge in [-0.15, -0.1) is 0 Å². The molecule has 7 heteroatoms. The molecule has 0 aromatic heterocycles. The molecule has 7 nitrogen and oxygen atoms in total. The van der Waals surface area contributed by atoms with Crippen molar-refractivity contribution in [2.45, 2.75) is 50.2 Å². The molecule has 0 radical (unpaired) electrons. The fraction of sp³-hybridized carbons (Fsp3) is 0.550. The second-order valence-electron chi connectivity index (χ2n) is 7.53. The molecule has 2 atom stereocenters. The van der Waals surface area contributed by atoms with Gasteiger partial charge in [-0.3, -0.25) is 14.5 Å². The Kier molecular flexibility index (Phi) is 4.86. The fourth-order valence-corrected chi connectivity index (χ4v) is 4.35. The third kappa shape index (κ3) is 3.32. The molecule has 4 rings (SSSR count). The highest BCUT2D eigenvalue weighted by atomic mass is 16.5. The number of fused-ring (bicyclic) bond motifs is 2. The highest BCUT2D eigenvalue weighted by Gasteiger charge is 2.53. The molecule has 2 N–H and O–H groups in total. The number of aryl methyl sites for hydroxylation is 1. The van der Waals surface area contributed by atoms with E-state index in [4.69, 9.17) is 4.74 Å². The second-order valence-corrected chi connectivity index (χ2v) is 7.53. The molecule has 0 unspecified atom stereocenters. The Labute approximate surface area is 158 Å². The first-order chi connectivity index (χ1) is 13.1. The molecular weight excluding hydrogens is 346 g/mol. The quantitative estimate of drug-likeness (QED) is 0.785. The van der Waals surface area contributed by atoms with Crippen molar-refractivity contribution >= 4 is 17.8 Å². The zero-order valence-corrected chi connectivity index (χ0v) is 15.3. The van der Waals surface area contributed by atoms with E-state index in [1.807, 2.05) is 24.3 Å². The van der Waals surface area contributed by atoms with Gasteiger partial charge in [-0.2, -0.15) is 0 Å². The number of rotatable bonds is 4. The van der Waals surface area contributed by atoms with Crippen molar-refractivity contribution in [2.24, 2.45) is 0 Å². The van der Waals surface area contributed by atoms with Crippen LogP contribution in [-0.2, 0) is 26.3 Å². The van der Waals surface area contributed by atoms with Crippen molar-refractivity contribution in [3.63, 3.8) is 0 Å². The maximum Gasteiger partial charge on any atom is 0.325 e. The maximum atomic E-state index is 13.2. The van der Waals surface area contributed by atoms with Crippen LogP contribution in [0.1, 0.15) is 43.2 Å². The first-order valence-electron chi connectivity index (χ1n) is 9.71. The lowest BCUT2D eigenvalue weighted by Gasteiger charge is -2.27. The summed E-state index contributed by atoms with van der Waals surface area (Å²) in [6.45, 7) is 0.868. The van der Waals surface area contributed by atoms with Gasteiger partial charge in [-0.05, 0) is 49.7 Å². The SMILES string of the molecule is O=C(CN1C(=O)N[C@]2(CCCCc3ccccc32)C1=O)NC[C@H]1CCCO1.